The number of fused-ring (bicyclic) bond motifs is 3. The summed E-state index contributed by atoms with van der Waals surface area (Å²) in [6, 6.07) is 11.6. The van der Waals surface area contributed by atoms with Crippen molar-refractivity contribution in [2.45, 2.75) is 37.8 Å². The number of aromatic nitrogens is 3. The molecule has 0 spiro atoms. The fraction of sp³-hybridized carbons (Fsp3) is 0.100. The Balaban J connectivity index is 1.13. The van der Waals surface area contributed by atoms with Crippen molar-refractivity contribution in [3.05, 3.63) is 99.9 Å². The highest BCUT2D eigenvalue weighted by Gasteiger charge is 2.28. The van der Waals surface area contributed by atoms with E-state index in [1.54, 1.807) is 6.92 Å². The second kappa shape index (κ2) is 20.6. The fourth-order valence-electron chi connectivity index (χ4n) is 7.37. The Bertz CT molecular complexity index is 4760. The lowest BCUT2D eigenvalue weighted by Crippen LogP contribution is -2.15. The van der Waals surface area contributed by atoms with E-state index in [-0.39, 0.29) is 73.0 Å². The van der Waals surface area contributed by atoms with E-state index in [9.17, 15) is 87.7 Å². The Morgan fingerprint density at radius 1 is 0.615 bits per heavy atom. The molecule has 78 heavy (non-hydrogen) atoms. The van der Waals surface area contributed by atoms with E-state index >= 15 is 0 Å². The lowest BCUT2D eigenvalue weighted by atomic mass is 10.1. The first kappa shape index (κ1) is 57.1. The molecule has 0 saturated heterocycles. The first-order valence-electron chi connectivity index (χ1n) is 20.8. The summed E-state index contributed by atoms with van der Waals surface area (Å²) in [6.45, 7) is 1.24. The molecule has 6 aromatic carbocycles. The summed E-state index contributed by atoms with van der Waals surface area (Å²) in [5.74, 6) is -1.50. The van der Waals surface area contributed by atoms with Crippen LogP contribution in [0.2, 0.25) is 5.02 Å². The van der Waals surface area contributed by atoms with E-state index in [1.165, 1.54) is 24.3 Å². The third-order valence-electron chi connectivity index (χ3n) is 10.7. The molecular weight excluding hydrogens is 1200 g/mol. The molecule has 2 heterocycles. The number of hydrogen-bond acceptors (Lipinski definition) is 23. The molecule has 0 aliphatic rings. The van der Waals surface area contributed by atoms with Crippen LogP contribution in [0, 0.1) is 6.92 Å². The standard InChI is InChI=1S/C40H30ClN9O21S7/c1-18-11-30(32(71-9-2-10-73(53,54)55)16-29(18)46-49-40-43-27-8-5-25(41)38(36(27)72-40)78(68,69)70)47-44-26-6-4-22-21(35(26)51)3-7-28(37(22)77(65,66)67)45-48-31-17-42-50(39(31)52)19-12-23-24(33(13-19)75(59,60)61)14-20(74(56,57)58)15-34(23)76(62,63)64/h3-8,11-17,42,51H,2,9-10H2,1H3,(H,53,54,55)(H,56,57,58)(H,59,60,61)(H,62,63,64)(H,65,66,67)(H,68,69,70). The van der Waals surface area contributed by atoms with Gasteiger partial charge in [0.05, 0.1) is 50.1 Å². The average molecular weight is 1230 g/mol. The number of aromatic hydroxyl groups is 1. The number of aromatic amines is 1. The maximum atomic E-state index is 13.6. The number of thiazole rings is 1. The molecule has 0 aliphatic carbocycles. The zero-order valence-electron chi connectivity index (χ0n) is 38.3. The summed E-state index contributed by atoms with van der Waals surface area (Å²) in [5.41, 5.74) is -2.85. The van der Waals surface area contributed by atoms with Gasteiger partial charge in [-0.25, -0.2) is 9.67 Å². The van der Waals surface area contributed by atoms with Crippen molar-refractivity contribution in [1.29, 1.82) is 0 Å². The molecule has 0 fully saturated rings. The number of nitrogens with zero attached hydrogens (tertiary/aromatic N) is 8. The van der Waals surface area contributed by atoms with Crippen molar-refractivity contribution in [2.24, 2.45) is 30.7 Å². The lowest BCUT2D eigenvalue weighted by Gasteiger charge is -2.12. The molecule has 38 heteroatoms. The maximum Gasteiger partial charge on any atom is 0.298 e. The summed E-state index contributed by atoms with van der Waals surface area (Å²) < 4.78 is 211. The number of phenols is 1. The highest BCUT2D eigenvalue weighted by atomic mass is 35.5. The second-order valence-electron chi connectivity index (χ2n) is 16.0. The van der Waals surface area contributed by atoms with Gasteiger partial charge >= 0.3 is 0 Å². The van der Waals surface area contributed by atoms with Gasteiger partial charge in [-0.15, -0.1) is 30.7 Å². The minimum atomic E-state index is -5.42. The van der Waals surface area contributed by atoms with E-state index in [1.807, 2.05) is 0 Å². The smallest absolute Gasteiger partial charge is 0.298 e. The largest absolute Gasteiger partial charge is 0.505 e. The van der Waals surface area contributed by atoms with Crippen LogP contribution in [0.3, 0.4) is 0 Å². The molecule has 0 aliphatic heterocycles. The van der Waals surface area contributed by atoms with E-state index in [4.69, 9.17) is 16.3 Å². The maximum absolute atomic E-state index is 13.6. The molecule has 8 aromatic rings. The van der Waals surface area contributed by atoms with Gasteiger partial charge in [-0.1, -0.05) is 29.0 Å². The zero-order chi connectivity index (χ0) is 57.2. The highest BCUT2D eigenvalue weighted by molar-refractivity contribution is 7.87. The first-order chi connectivity index (χ1) is 36.1. The van der Waals surface area contributed by atoms with Crippen LogP contribution in [-0.4, -0.2) is 110 Å². The second-order valence-corrected chi connectivity index (χ2v) is 25.9. The number of benzene rings is 6. The van der Waals surface area contributed by atoms with E-state index in [0.717, 1.165) is 47.9 Å². The van der Waals surface area contributed by atoms with E-state index in [0.29, 0.717) is 22.4 Å². The van der Waals surface area contributed by atoms with Gasteiger partial charge in [0.1, 0.15) is 42.4 Å². The van der Waals surface area contributed by atoms with Gasteiger partial charge in [0, 0.05) is 27.6 Å². The van der Waals surface area contributed by atoms with Gasteiger partial charge in [0.2, 0.25) is 5.13 Å². The minimum Gasteiger partial charge on any atom is -0.505 e. The lowest BCUT2D eigenvalue weighted by molar-refractivity contribution is 0.317. The summed E-state index contributed by atoms with van der Waals surface area (Å²) in [7, 11) is -30.5. The molecule has 8 N–H and O–H groups in total. The molecular formula is C40H30ClN9O21S7. The molecule has 8 rings (SSSR count). The van der Waals surface area contributed by atoms with Crippen LogP contribution in [0.15, 0.2) is 139 Å². The average Bonchev–Trinajstić information content (AvgIpc) is 4.01. The summed E-state index contributed by atoms with van der Waals surface area (Å²) in [6.07, 6.45) is 0.631. The molecule has 0 radical (unpaired) electrons. The van der Waals surface area contributed by atoms with Crippen LogP contribution < -0.4 is 10.3 Å². The highest BCUT2D eigenvalue weighted by Crippen LogP contribution is 2.44. The van der Waals surface area contributed by atoms with Gasteiger partial charge in [-0.3, -0.25) is 37.2 Å². The topological polar surface area (TPSA) is 481 Å². The number of hydrogen-bond donors (Lipinski definition) is 8. The number of phenolic OH excluding ortho intramolecular Hbond substituents is 1. The summed E-state index contributed by atoms with van der Waals surface area (Å²) in [4.78, 5) is 12.6. The van der Waals surface area contributed by atoms with E-state index < -0.39 is 130 Å². The van der Waals surface area contributed by atoms with Gasteiger partial charge in [-0.2, -0.15) is 50.5 Å². The molecule has 0 bridgehead atoms. The number of aryl methyl sites for hydroxylation is 1. The van der Waals surface area contributed by atoms with Gasteiger partial charge in [0.15, 0.2) is 11.4 Å². The fourth-order valence-corrected chi connectivity index (χ4v) is 13.2. The Hall–Kier alpha value is -7.11. The van der Waals surface area contributed by atoms with Gasteiger partial charge < -0.3 is 9.84 Å². The third-order valence-corrected chi connectivity index (χ3v) is 17.6. The Kier molecular flexibility index (Phi) is 15.1. The van der Waals surface area contributed by atoms with Crippen molar-refractivity contribution < 1.29 is 87.7 Å². The number of nitrogens with one attached hydrogen (secondary N) is 1. The van der Waals surface area contributed by atoms with Crippen molar-refractivity contribution in [3.63, 3.8) is 0 Å². The van der Waals surface area contributed by atoms with E-state index in [2.05, 4.69) is 40.8 Å². The van der Waals surface area contributed by atoms with Crippen LogP contribution in [0.4, 0.5) is 33.6 Å². The number of H-pyrrole nitrogens is 1. The van der Waals surface area contributed by atoms with Crippen LogP contribution >= 0.6 is 22.9 Å². The molecule has 0 amide bonds. The molecule has 0 saturated carbocycles. The van der Waals surface area contributed by atoms with Crippen molar-refractivity contribution in [3.8, 4) is 17.2 Å². The molecule has 30 nitrogen and oxygen atoms in total. The predicted octanol–water partition coefficient (Wildman–Crippen LogP) is 7.89. The van der Waals surface area contributed by atoms with Crippen LogP contribution in [0.25, 0.3) is 37.4 Å². The predicted molar refractivity (Wildman–Crippen MR) is 273 cm³/mol. The van der Waals surface area contributed by atoms with Crippen molar-refractivity contribution in [1.82, 2.24) is 14.8 Å². The van der Waals surface area contributed by atoms with Crippen LogP contribution in [0.5, 0.6) is 11.5 Å². The number of azo groups is 3. The summed E-state index contributed by atoms with van der Waals surface area (Å²) >= 11 is 6.76. The zero-order valence-corrected chi connectivity index (χ0v) is 44.8. The first-order valence-corrected chi connectivity index (χ1v) is 30.8. The molecule has 2 aromatic heterocycles. The minimum absolute atomic E-state index is 0.00640. The SMILES string of the molecule is Cc1cc(N=Nc2ccc3c(S(=O)(=O)O)c(N=Nc4c[nH]n(-c5cc(S(=O)(=O)O)c6cc(S(=O)(=O)O)cc(S(=O)(=O)O)c6c5)c4=O)ccc3c2O)c(OCCCS(=O)(=O)O)cc1N=Nc1nc2ccc(Cl)c(S(=O)(=O)O)c2s1. The number of ether oxygens (including phenoxy) is 1. The van der Waals surface area contributed by atoms with Gasteiger partial charge in [-0.05, 0) is 79.6 Å². The quantitative estimate of drug-likeness (QED) is 0.0244. The summed E-state index contributed by atoms with van der Waals surface area (Å²) in [5, 5.41) is 35.1. The third kappa shape index (κ3) is 12.1. The monoisotopic (exact) mass is 1230 g/mol. The van der Waals surface area contributed by atoms with Crippen LogP contribution in [-0.2, 0) is 60.7 Å². The van der Waals surface area contributed by atoms with Crippen LogP contribution in [0.1, 0.15) is 12.0 Å². The Labute approximate surface area is 446 Å². The van der Waals surface area contributed by atoms with Crippen molar-refractivity contribution >= 4 is 149 Å². The number of rotatable bonds is 17. The molecule has 0 atom stereocenters. The molecule has 0 unspecified atom stereocenters. The number of halogens is 1. The Morgan fingerprint density at radius 2 is 1.21 bits per heavy atom. The van der Waals surface area contributed by atoms with Crippen molar-refractivity contribution in [2.75, 3.05) is 12.4 Å². The van der Waals surface area contributed by atoms with Gasteiger partial charge in [0.25, 0.3) is 66.3 Å². The molecule has 410 valence electrons. The Morgan fingerprint density at radius 3 is 1.85 bits per heavy atom. The normalized spacial score (nSPS) is 13.3.